The van der Waals surface area contributed by atoms with Crippen LogP contribution in [0.4, 0.5) is 5.69 Å². The lowest BCUT2D eigenvalue weighted by Gasteiger charge is -2.07. The lowest BCUT2D eigenvalue weighted by Crippen LogP contribution is -2.17. The van der Waals surface area contributed by atoms with E-state index in [1.807, 2.05) is 12.1 Å². The first-order valence-electron chi connectivity index (χ1n) is 7.64. The number of aryl methyl sites for hydroxylation is 1. The fraction of sp³-hybridized carbons (Fsp3) is 0.353. The highest BCUT2D eigenvalue weighted by atomic mass is 35.5. The summed E-state index contributed by atoms with van der Waals surface area (Å²) in [6, 6.07) is 7.12. The van der Waals surface area contributed by atoms with Crippen molar-refractivity contribution in [2.45, 2.75) is 33.7 Å². The summed E-state index contributed by atoms with van der Waals surface area (Å²) < 4.78 is 6.45. The Labute approximate surface area is 145 Å². The molecule has 0 aliphatic heterocycles. The van der Waals surface area contributed by atoms with Crippen molar-refractivity contribution in [2.75, 3.05) is 11.9 Å². The molecular weight excluding hydrogens is 330 g/mol. The number of nitrogens with zero attached hydrogens (tertiary/aromatic N) is 2. The summed E-state index contributed by atoms with van der Waals surface area (Å²) >= 11 is 5.84. The molecule has 0 bridgehead atoms. The van der Waals surface area contributed by atoms with E-state index in [0.29, 0.717) is 28.7 Å². The van der Waals surface area contributed by atoms with Gasteiger partial charge < -0.3 is 10.1 Å². The third-order valence-electron chi connectivity index (χ3n) is 3.51. The van der Waals surface area contributed by atoms with Gasteiger partial charge in [-0.25, -0.2) is 0 Å². The van der Waals surface area contributed by atoms with Crippen LogP contribution in [0.25, 0.3) is 0 Å². The number of ether oxygens (including phenoxy) is 1. The van der Waals surface area contributed by atoms with Crippen LogP contribution in [-0.4, -0.2) is 28.3 Å². The van der Waals surface area contributed by atoms with Gasteiger partial charge in [0.2, 0.25) is 5.91 Å². The molecule has 0 radical (unpaired) electrons. The molecule has 1 N–H and O–H groups in total. The first-order valence-corrected chi connectivity index (χ1v) is 8.02. The van der Waals surface area contributed by atoms with Crippen LogP contribution >= 0.6 is 11.6 Å². The van der Waals surface area contributed by atoms with Crippen molar-refractivity contribution >= 4 is 29.2 Å². The highest BCUT2D eigenvalue weighted by molar-refractivity contribution is 6.30. The minimum absolute atomic E-state index is 0.0214. The molecule has 0 saturated heterocycles. The molecule has 1 amide bonds. The van der Waals surface area contributed by atoms with E-state index in [4.69, 9.17) is 16.3 Å². The van der Waals surface area contributed by atoms with Crippen molar-refractivity contribution < 1.29 is 14.3 Å². The highest BCUT2D eigenvalue weighted by Gasteiger charge is 2.16. The topological polar surface area (TPSA) is 73.2 Å². The van der Waals surface area contributed by atoms with Gasteiger partial charge in [-0.05, 0) is 38.5 Å². The third kappa shape index (κ3) is 4.58. The summed E-state index contributed by atoms with van der Waals surface area (Å²) in [5, 5.41) is 7.78. The van der Waals surface area contributed by atoms with Crippen LogP contribution in [0.3, 0.4) is 0 Å². The molecule has 24 heavy (non-hydrogen) atoms. The van der Waals surface area contributed by atoms with Crippen LogP contribution in [0, 0.1) is 13.8 Å². The average molecular weight is 350 g/mol. The van der Waals surface area contributed by atoms with Crippen molar-refractivity contribution in [3.8, 4) is 0 Å². The molecule has 0 aliphatic rings. The number of rotatable bonds is 6. The Morgan fingerprint density at radius 3 is 2.54 bits per heavy atom. The molecule has 6 nitrogen and oxygen atoms in total. The van der Waals surface area contributed by atoms with Gasteiger partial charge in [-0.1, -0.05) is 23.7 Å². The number of hydrogen-bond donors (Lipinski definition) is 1. The lowest BCUT2D eigenvalue weighted by atomic mass is 10.1. The van der Waals surface area contributed by atoms with E-state index in [2.05, 4.69) is 10.4 Å². The first-order chi connectivity index (χ1) is 11.4. The van der Waals surface area contributed by atoms with E-state index in [-0.39, 0.29) is 24.8 Å². The predicted octanol–water partition coefficient (Wildman–Crippen LogP) is 2.90. The minimum atomic E-state index is -0.359. The molecule has 1 aromatic carbocycles. The number of benzene rings is 1. The van der Waals surface area contributed by atoms with Crippen LogP contribution in [0.2, 0.25) is 5.02 Å². The van der Waals surface area contributed by atoms with E-state index in [0.717, 1.165) is 5.56 Å². The van der Waals surface area contributed by atoms with E-state index in [9.17, 15) is 9.59 Å². The van der Waals surface area contributed by atoms with Crippen LogP contribution in [0.15, 0.2) is 24.3 Å². The van der Waals surface area contributed by atoms with Gasteiger partial charge in [-0.15, -0.1) is 0 Å². The maximum atomic E-state index is 12.2. The first kappa shape index (κ1) is 18.0. The fourth-order valence-corrected chi connectivity index (χ4v) is 2.46. The number of anilines is 1. The van der Waals surface area contributed by atoms with E-state index in [1.165, 1.54) is 4.68 Å². The Bertz CT molecular complexity index is 738. The molecule has 0 aliphatic carbocycles. The van der Waals surface area contributed by atoms with Gasteiger partial charge in [0, 0.05) is 5.02 Å². The molecule has 0 atom stereocenters. The maximum absolute atomic E-state index is 12.2. The van der Waals surface area contributed by atoms with Crippen molar-refractivity contribution in [1.82, 2.24) is 9.78 Å². The third-order valence-corrected chi connectivity index (χ3v) is 3.76. The zero-order valence-corrected chi connectivity index (χ0v) is 14.7. The largest absolute Gasteiger partial charge is 0.465 e. The summed E-state index contributed by atoms with van der Waals surface area (Å²) in [4.78, 5) is 23.8. The Kier molecular flexibility index (Phi) is 5.98. The SMILES string of the molecule is CCOC(=O)Cn1nc(C)c(NC(=O)Cc2ccc(Cl)cc2)c1C. The second kappa shape index (κ2) is 7.97. The Hall–Kier alpha value is -2.34. The van der Waals surface area contributed by atoms with Crippen molar-refractivity contribution in [3.63, 3.8) is 0 Å². The number of carbonyl (C=O) groups excluding carboxylic acids is 2. The molecular formula is C17H20ClN3O3. The van der Waals surface area contributed by atoms with Crippen molar-refractivity contribution in [3.05, 3.63) is 46.2 Å². The quantitative estimate of drug-likeness (QED) is 0.814. The number of amides is 1. The molecule has 0 fully saturated rings. The van der Waals surface area contributed by atoms with Crippen LogP contribution < -0.4 is 5.32 Å². The number of hydrogen-bond acceptors (Lipinski definition) is 4. The zero-order valence-electron chi connectivity index (χ0n) is 13.9. The average Bonchev–Trinajstić information content (AvgIpc) is 2.77. The number of halogens is 1. The fourth-order valence-electron chi connectivity index (χ4n) is 2.33. The molecule has 2 rings (SSSR count). The van der Waals surface area contributed by atoms with Crippen LogP contribution in [0.1, 0.15) is 23.9 Å². The van der Waals surface area contributed by atoms with Gasteiger partial charge in [-0.2, -0.15) is 5.10 Å². The van der Waals surface area contributed by atoms with Crippen LogP contribution in [-0.2, 0) is 27.3 Å². The minimum Gasteiger partial charge on any atom is -0.465 e. The molecule has 128 valence electrons. The summed E-state index contributed by atoms with van der Waals surface area (Å²) in [7, 11) is 0. The molecule has 0 spiro atoms. The zero-order chi connectivity index (χ0) is 17.7. The van der Waals surface area contributed by atoms with Gasteiger partial charge in [0.05, 0.1) is 30.1 Å². The Morgan fingerprint density at radius 2 is 1.92 bits per heavy atom. The standard InChI is InChI=1S/C17H20ClN3O3/c1-4-24-16(23)10-21-12(3)17(11(2)20-21)19-15(22)9-13-5-7-14(18)8-6-13/h5-8H,4,9-10H2,1-3H3,(H,19,22). The van der Waals surface area contributed by atoms with Gasteiger partial charge in [0.15, 0.2) is 0 Å². The molecule has 1 aromatic heterocycles. The maximum Gasteiger partial charge on any atom is 0.327 e. The molecule has 1 heterocycles. The summed E-state index contributed by atoms with van der Waals surface area (Å²) in [6.45, 7) is 5.68. The number of carbonyl (C=O) groups is 2. The van der Waals surface area contributed by atoms with Gasteiger partial charge in [0.1, 0.15) is 6.54 Å². The number of esters is 1. The van der Waals surface area contributed by atoms with Gasteiger partial charge >= 0.3 is 5.97 Å². The Balaban J connectivity index is 2.06. The second-order valence-electron chi connectivity index (χ2n) is 5.36. The van der Waals surface area contributed by atoms with E-state index < -0.39 is 0 Å². The molecule has 0 saturated carbocycles. The Morgan fingerprint density at radius 1 is 1.25 bits per heavy atom. The van der Waals surface area contributed by atoms with Crippen molar-refractivity contribution in [2.24, 2.45) is 0 Å². The van der Waals surface area contributed by atoms with E-state index in [1.54, 1.807) is 32.9 Å². The number of aromatic nitrogens is 2. The second-order valence-corrected chi connectivity index (χ2v) is 5.80. The van der Waals surface area contributed by atoms with Crippen LogP contribution in [0.5, 0.6) is 0 Å². The monoisotopic (exact) mass is 349 g/mol. The molecule has 0 unspecified atom stereocenters. The lowest BCUT2D eigenvalue weighted by molar-refractivity contribution is -0.144. The summed E-state index contributed by atoms with van der Waals surface area (Å²) in [5.41, 5.74) is 2.86. The summed E-state index contributed by atoms with van der Waals surface area (Å²) in [5.74, 6) is -0.513. The normalized spacial score (nSPS) is 10.5. The predicted molar refractivity (Wildman–Crippen MR) is 92.1 cm³/mol. The molecule has 7 heteroatoms. The number of nitrogens with one attached hydrogen (secondary N) is 1. The van der Waals surface area contributed by atoms with Gasteiger partial charge in [-0.3, -0.25) is 14.3 Å². The summed E-state index contributed by atoms with van der Waals surface area (Å²) in [6.07, 6.45) is 0.235. The molecule has 2 aromatic rings. The van der Waals surface area contributed by atoms with Gasteiger partial charge in [0.25, 0.3) is 0 Å². The van der Waals surface area contributed by atoms with E-state index >= 15 is 0 Å². The smallest absolute Gasteiger partial charge is 0.327 e. The highest BCUT2D eigenvalue weighted by Crippen LogP contribution is 2.20. The van der Waals surface area contributed by atoms with Crippen molar-refractivity contribution in [1.29, 1.82) is 0 Å².